The third-order valence-electron chi connectivity index (χ3n) is 1.31. The van der Waals surface area contributed by atoms with E-state index in [1.165, 1.54) is 21.1 Å². The van der Waals surface area contributed by atoms with Crippen molar-refractivity contribution in [3.63, 3.8) is 0 Å². The van der Waals surface area contributed by atoms with E-state index < -0.39 is 0 Å². The van der Waals surface area contributed by atoms with Gasteiger partial charge in [-0.25, -0.2) is 0 Å². The zero-order valence-electron chi connectivity index (χ0n) is 8.24. The average molecular weight is 192 g/mol. The molecule has 0 saturated carbocycles. The minimum atomic E-state index is -0.364. The number of hydrogen-bond donors (Lipinski definition) is 0. The van der Waals surface area contributed by atoms with Gasteiger partial charge in [-0.3, -0.25) is 4.79 Å². The first-order chi connectivity index (χ1) is 6.20. The number of methoxy groups -OCH3 is 2. The fourth-order valence-corrected chi connectivity index (χ4v) is 0.656. The van der Waals surface area contributed by atoms with Gasteiger partial charge in [0.05, 0.1) is 13.2 Å². The molecule has 0 spiro atoms. The third kappa shape index (κ3) is 7.70. The lowest BCUT2D eigenvalue weighted by Gasteiger charge is -2.13. The van der Waals surface area contributed by atoms with Crippen molar-refractivity contribution in [1.82, 2.24) is 0 Å². The molecule has 5 nitrogen and oxygen atoms in total. The number of carbonyl (C=O) groups is 1. The lowest BCUT2D eigenvalue weighted by Crippen LogP contribution is -2.21. The van der Waals surface area contributed by atoms with E-state index in [0.29, 0.717) is 13.2 Å². The van der Waals surface area contributed by atoms with Gasteiger partial charge in [-0.05, 0) is 0 Å². The number of rotatable bonds is 7. The average Bonchev–Trinajstić information content (AvgIpc) is 2.11. The summed E-state index contributed by atoms with van der Waals surface area (Å²) >= 11 is 0. The molecule has 0 aliphatic heterocycles. The smallest absolute Gasteiger partial charge is 0.302 e. The maximum atomic E-state index is 10.3. The summed E-state index contributed by atoms with van der Waals surface area (Å²) < 4.78 is 19.5. The van der Waals surface area contributed by atoms with Gasteiger partial charge < -0.3 is 18.9 Å². The molecule has 0 heterocycles. The molecule has 0 fully saturated rings. The van der Waals surface area contributed by atoms with Crippen molar-refractivity contribution in [1.29, 1.82) is 0 Å². The maximum Gasteiger partial charge on any atom is 0.302 e. The zero-order chi connectivity index (χ0) is 10.1. The largest absolute Gasteiger partial charge is 0.463 e. The zero-order valence-corrected chi connectivity index (χ0v) is 8.24. The normalized spacial score (nSPS) is 10.5. The highest BCUT2D eigenvalue weighted by atomic mass is 16.7. The summed E-state index contributed by atoms with van der Waals surface area (Å²) in [5, 5.41) is 0. The minimum Gasteiger partial charge on any atom is -0.463 e. The first kappa shape index (κ1) is 12.3. The number of hydrogen-bond acceptors (Lipinski definition) is 5. The van der Waals surface area contributed by atoms with E-state index in [2.05, 4.69) is 4.74 Å². The second-order valence-corrected chi connectivity index (χ2v) is 2.32. The first-order valence-corrected chi connectivity index (χ1v) is 3.97. The maximum absolute atomic E-state index is 10.3. The Hall–Kier alpha value is -0.650. The van der Waals surface area contributed by atoms with Gasteiger partial charge >= 0.3 is 5.97 Å². The van der Waals surface area contributed by atoms with Crippen molar-refractivity contribution in [3.05, 3.63) is 0 Å². The van der Waals surface area contributed by atoms with Crippen LogP contribution in [0, 0.1) is 0 Å². The number of ether oxygens (including phenoxy) is 4. The Balaban J connectivity index is 3.19. The fraction of sp³-hybridized carbons (Fsp3) is 0.875. The second-order valence-electron chi connectivity index (χ2n) is 2.32. The van der Waals surface area contributed by atoms with Crippen LogP contribution < -0.4 is 0 Å². The molecular weight excluding hydrogens is 176 g/mol. The standard InChI is InChI=1S/C8H16O5/c1-7(9)13-5-4-12-6-8(10-2)11-3/h8H,4-6H2,1-3H3. The summed E-state index contributed by atoms with van der Waals surface area (Å²) in [7, 11) is 3.06. The predicted molar refractivity (Wildman–Crippen MR) is 45.3 cm³/mol. The van der Waals surface area contributed by atoms with Crippen molar-refractivity contribution < 1.29 is 23.7 Å². The molecule has 5 heteroatoms. The van der Waals surface area contributed by atoms with Crippen LogP contribution in [0.3, 0.4) is 0 Å². The molecule has 0 aliphatic rings. The van der Waals surface area contributed by atoms with Gasteiger partial charge in [-0.1, -0.05) is 0 Å². The van der Waals surface area contributed by atoms with Gasteiger partial charge in [0.2, 0.25) is 0 Å². The summed E-state index contributed by atoms with van der Waals surface area (Å²) in [6.07, 6.45) is -0.364. The first-order valence-electron chi connectivity index (χ1n) is 3.97. The Morgan fingerprint density at radius 1 is 1.23 bits per heavy atom. The molecule has 0 aliphatic carbocycles. The highest BCUT2D eigenvalue weighted by Crippen LogP contribution is 1.91. The van der Waals surface area contributed by atoms with E-state index in [1.807, 2.05) is 0 Å². The molecule has 78 valence electrons. The van der Waals surface area contributed by atoms with Gasteiger partial charge in [0.25, 0.3) is 0 Å². The van der Waals surface area contributed by atoms with E-state index in [9.17, 15) is 4.79 Å². The van der Waals surface area contributed by atoms with Crippen LogP contribution in [0.15, 0.2) is 0 Å². The summed E-state index contributed by atoms with van der Waals surface area (Å²) in [4.78, 5) is 10.3. The van der Waals surface area contributed by atoms with Crippen LogP contribution in [-0.4, -0.2) is 46.3 Å². The van der Waals surface area contributed by atoms with Gasteiger partial charge in [-0.15, -0.1) is 0 Å². The molecule has 0 atom stereocenters. The molecule has 13 heavy (non-hydrogen) atoms. The molecule has 0 N–H and O–H groups in total. The van der Waals surface area contributed by atoms with Crippen molar-refractivity contribution in [2.45, 2.75) is 13.2 Å². The van der Waals surface area contributed by atoms with Crippen LogP contribution >= 0.6 is 0 Å². The van der Waals surface area contributed by atoms with Gasteiger partial charge in [0.1, 0.15) is 6.61 Å². The highest BCUT2D eigenvalue weighted by Gasteiger charge is 2.03. The van der Waals surface area contributed by atoms with Gasteiger partial charge in [-0.2, -0.15) is 0 Å². The molecule has 0 aromatic carbocycles. The van der Waals surface area contributed by atoms with Crippen LogP contribution in [0.5, 0.6) is 0 Å². The number of esters is 1. The third-order valence-corrected chi connectivity index (χ3v) is 1.31. The summed E-state index contributed by atoms with van der Waals surface area (Å²) in [5.41, 5.74) is 0. The fourth-order valence-electron chi connectivity index (χ4n) is 0.656. The van der Waals surface area contributed by atoms with E-state index in [1.54, 1.807) is 0 Å². The van der Waals surface area contributed by atoms with Crippen LogP contribution in [0.4, 0.5) is 0 Å². The lowest BCUT2D eigenvalue weighted by molar-refractivity contribution is -0.151. The van der Waals surface area contributed by atoms with E-state index in [4.69, 9.17) is 14.2 Å². The van der Waals surface area contributed by atoms with Gasteiger partial charge in [0.15, 0.2) is 6.29 Å². The van der Waals surface area contributed by atoms with Gasteiger partial charge in [0, 0.05) is 21.1 Å². The van der Waals surface area contributed by atoms with Crippen molar-refractivity contribution in [3.8, 4) is 0 Å². The Morgan fingerprint density at radius 2 is 1.85 bits per heavy atom. The summed E-state index contributed by atoms with van der Waals surface area (Å²) in [5.74, 6) is -0.307. The monoisotopic (exact) mass is 192 g/mol. The molecule has 0 amide bonds. The quantitative estimate of drug-likeness (QED) is 0.327. The van der Waals surface area contributed by atoms with Crippen LogP contribution in [0.25, 0.3) is 0 Å². The summed E-state index contributed by atoms with van der Waals surface area (Å²) in [6, 6.07) is 0. The molecule has 0 bridgehead atoms. The Labute approximate surface area is 77.9 Å². The molecule has 0 saturated heterocycles. The van der Waals surface area contributed by atoms with Crippen molar-refractivity contribution in [2.75, 3.05) is 34.0 Å². The molecular formula is C8H16O5. The van der Waals surface area contributed by atoms with Crippen LogP contribution in [-0.2, 0) is 23.7 Å². The predicted octanol–water partition coefficient (Wildman–Crippen LogP) is 0.185. The Bertz CT molecular complexity index is 132. The summed E-state index contributed by atoms with van der Waals surface area (Å²) in [6.45, 7) is 2.29. The van der Waals surface area contributed by atoms with E-state index >= 15 is 0 Å². The highest BCUT2D eigenvalue weighted by molar-refractivity contribution is 5.65. The molecule has 0 rings (SSSR count). The van der Waals surface area contributed by atoms with E-state index in [-0.39, 0.29) is 18.9 Å². The number of carbonyl (C=O) groups excluding carboxylic acids is 1. The molecule has 0 radical (unpaired) electrons. The topological polar surface area (TPSA) is 54.0 Å². The van der Waals surface area contributed by atoms with Crippen molar-refractivity contribution >= 4 is 5.97 Å². The van der Waals surface area contributed by atoms with Crippen molar-refractivity contribution in [2.24, 2.45) is 0 Å². The Morgan fingerprint density at radius 3 is 2.31 bits per heavy atom. The second kappa shape index (κ2) is 7.97. The van der Waals surface area contributed by atoms with Crippen LogP contribution in [0.2, 0.25) is 0 Å². The Kier molecular flexibility index (Phi) is 7.57. The molecule has 0 aromatic heterocycles. The molecule has 0 aromatic rings. The SMILES string of the molecule is COC(COCCOC(C)=O)OC. The minimum absolute atomic E-state index is 0.259. The molecule has 0 unspecified atom stereocenters. The van der Waals surface area contributed by atoms with E-state index in [0.717, 1.165) is 0 Å². The lowest BCUT2D eigenvalue weighted by atomic mass is 10.6. The van der Waals surface area contributed by atoms with Crippen LogP contribution in [0.1, 0.15) is 6.92 Å².